The van der Waals surface area contributed by atoms with Crippen LogP contribution in [0.1, 0.15) is 19.4 Å². The summed E-state index contributed by atoms with van der Waals surface area (Å²) in [7, 11) is 0. The first-order chi connectivity index (χ1) is 14.6. The number of hydrazone groups is 1. The third-order valence-electron chi connectivity index (χ3n) is 4.32. The van der Waals surface area contributed by atoms with Gasteiger partial charge in [0.05, 0.1) is 12.8 Å². The number of amides is 1. The second-order valence-corrected chi connectivity index (χ2v) is 6.54. The summed E-state index contributed by atoms with van der Waals surface area (Å²) in [6.45, 7) is 3.92. The average molecular weight is 404 g/mol. The molecule has 0 aromatic heterocycles. The monoisotopic (exact) mass is 404 g/mol. The predicted octanol–water partition coefficient (Wildman–Crippen LogP) is 4.38. The molecule has 0 spiro atoms. The summed E-state index contributed by atoms with van der Waals surface area (Å²) in [5.74, 6) is 0.644. The molecule has 0 saturated heterocycles. The first kappa shape index (κ1) is 20.9. The van der Waals surface area contributed by atoms with Crippen LogP contribution in [0.25, 0.3) is 11.1 Å². The van der Waals surface area contributed by atoms with Crippen molar-refractivity contribution in [1.29, 1.82) is 0 Å². The van der Waals surface area contributed by atoms with Crippen LogP contribution in [0.15, 0.2) is 77.9 Å². The molecule has 0 aliphatic rings. The highest BCUT2D eigenvalue weighted by atomic mass is 16.5. The van der Waals surface area contributed by atoms with E-state index >= 15 is 0 Å². The fourth-order valence-corrected chi connectivity index (χ4v) is 2.76. The number of nitrogens with zero attached hydrogens (tertiary/aromatic N) is 1. The number of carbonyl (C=O) groups excluding carboxylic acids is 1. The van der Waals surface area contributed by atoms with Crippen molar-refractivity contribution in [3.63, 3.8) is 0 Å². The Hall–Kier alpha value is -3.80. The number of nitrogens with one attached hydrogen (secondary N) is 1. The Labute approximate surface area is 175 Å². The number of phenols is 1. The first-order valence-electron chi connectivity index (χ1n) is 9.67. The third kappa shape index (κ3) is 5.61. The van der Waals surface area contributed by atoms with E-state index in [1.807, 2.05) is 61.5 Å². The maximum absolute atomic E-state index is 12.2. The summed E-state index contributed by atoms with van der Waals surface area (Å²) in [5, 5.41) is 13.7. The highest BCUT2D eigenvalue weighted by molar-refractivity contribution is 5.85. The molecular weight excluding hydrogens is 380 g/mol. The van der Waals surface area contributed by atoms with E-state index in [1.54, 1.807) is 19.1 Å². The van der Waals surface area contributed by atoms with E-state index in [1.165, 1.54) is 12.3 Å². The maximum Gasteiger partial charge on any atom is 0.280 e. The molecular formula is C24H24N2O4. The average Bonchev–Trinajstić information content (AvgIpc) is 2.77. The van der Waals surface area contributed by atoms with E-state index in [2.05, 4.69) is 10.5 Å². The minimum absolute atomic E-state index is 0.0540. The first-order valence-corrected chi connectivity index (χ1v) is 9.67. The predicted molar refractivity (Wildman–Crippen MR) is 117 cm³/mol. The van der Waals surface area contributed by atoms with Gasteiger partial charge in [-0.05, 0) is 60.9 Å². The summed E-state index contributed by atoms with van der Waals surface area (Å²) in [6, 6.07) is 22.4. The van der Waals surface area contributed by atoms with Crippen LogP contribution in [0.5, 0.6) is 17.2 Å². The normalized spacial score (nSPS) is 11.8. The smallest absolute Gasteiger partial charge is 0.280 e. The van der Waals surface area contributed by atoms with Gasteiger partial charge in [-0.2, -0.15) is 5.10 Å². The van der Waals surface area contributed by atoms with Crippen LogP contribution in [0.2, 0.25) is 0 Å². The Morgan fingerprint density at radius 1 is 1.07 bits per heavy atom. The van der Waals surface area contributed by atoms with Crippen molar-refractivity contribution in [2.45, 2.75) is 20.0 Å². The van der Waals surface area contributed by atoms with Crippen molar-refractivity contribution in [2.75, 3.05) is 6.61 Å². The summed E-state index contributed by atoms with van der Waals surface area (Å²) in [6.07, 6.45) is 0.754. The summed E-state index contributed by atoms with van der Waals surface area (Å²) in [4.78, 5) is 12.2. The lowest BCUT2D eigenvalue weighted by atomic mass is 10.1. The molecule has 0 aliphatic carbocycles. The number of carbonyl (C=O) groups is 1. The quantitative estimate of drug-likeness (QED) is 0.431. The minimum atomic E-state index is -0.719. The summed E-state index contributed by atoms with van der Waals surface area (Å²) in [5.41, 5.74) is 5.33. The molecule has 0 heterocycles. The van der Waals surface area contributed by atoms with E-state index in [0.29, 0.717) is 23.7 Å². The highest BCUT2D eigenvalue weighted by Crippen LogP contribution is 2.26. The van der Waals surface area contributed by atoms with E-state index in [4.69, 9.17) is 9.47 Å². The van der Waals surface area contributed by atoms with Gasteiger partial charge in [-0.15, -0.1) is 0 Å². The van der Waals surface area contributed by atoms with Gasteiger partial charge in [0.1, 0.15) is 5.75 Å². The van der Waals surface area contributed by atoms with Crippen LogP contribution in [0.4, 0.5) is 0 Å². The van der Waals surface area contributed by atoms with Crippen molar-refractivity contribution >= 4 is 12.1 Å². The van der Waals surface area contributed by atoms with Crippen LogP contribution < -0.4 is 14.9 Å². The van der Waals surface area contributed by atoms with E-state index in [-0.39, 0.29) is 11.7 Å². The van der Waals surface area contributed by atoms with Crippen molar-refractivity contribution in [2.24, 2.45) is 5.10 Å². The van der Waals surface area contributed by atoms with Gasteiger partial charge < -0.3 is 14.6 Å². The zero-order chi connectivity index (χ0) is 21.3. The van der Waals surface area contributed by atoms with Gasteiger partial charge in [0.25, 0.3) is 5.91 Å². The molecule has 30 heavy (non-hydrogen) atoms. The van der Waals surface area contributed by atoms with Gasteiger partial charge in [0.2, 0.25) is 0 Å². The Kier molecular flexibility index (Phi) is 7.05. The molecule has 154 valence electrons. The van der Waals surface area contributed by atoms with Crippen molar-refractivity contribution in [3.05, 3.63) is 78.4 Å². The number of aromatic hydroxyl groups is 1. The highest BCUT2D eigenvalue weighted by Gasteiger charge is 2.14. The molecule has 0 unspecified atom stereocenters. The van der Waals surface area contributed by atoms with Gasteiger partial charge in [-0.1, -0.05) is 42.5 Å². The second kappa shape index (κ2) is 10.1. The number of rotatable bonds is 8. The summed E-state index contributed by atoms with van der Waals surface area (Å²) < 4.78 is 11.0. The molecule has 1 amide bonds. The number of ether oxygens (including phenoxy) is 2. The third-order valence-corrected chi connectivity index (χ3v) is 4.32. The fraction of sp³-hybridized carbons (Fsp3) is 0.167. The van der Waals surface area contributed by atoms with Crippen molar-refractivity contribution in [3.8, 4) is 28.4 Å². The van der Waals surface area contributed by atoms with Crippen molar-refractivity contribution < 1.29 is 19.4 Å². The molecule has 2 N–H and O–H groups in total. The van der Waals surface area contributed by atoms with Gasteiger partial charge in [0, 0.05) is 0 Å². The SMILES string of the molecule is CCOc1cc(/C=N\NC(=O)[C@@H](C)Oc2ccc(-c3ccccc3)cc2)ccc1O. The number of phenolic OH excluding ortho intramolecular Hbond substituents is 1. The molecule has 0 bridgehead atoms. The van der Waals surface area contributed by atoms with E-state index in [0.717, 1.165) is 11.1 Å². The number of hydrogen-bond donors (Lipinski definition) is 2. The lowest BCUT2D eigenvalue weighted by molar-refractivity contribution is -0.127. The van der Waals surface area contributed by atoms with Gasteiger partial charge in [0.15, 0.2) is 17.6 Å². The van der Waals surface area contributed by atoms with E-state index < -0.39 is 6.10 Å². The van der Waals surface area contributed by atoms with Crippen LogP contribution in [-0.4, -0.2) is 29.9 Å². The lowest BCUT2D eigenvalue weighted by Gasteiger charge is -2.13. The zero-order valence-corrected chi connectivity index (χ0v) is 16.9. The number of hydrogen-bond acceptors (Lipinski definition) is 5. The molecule has 3 rings (SSSR count). The lowest BCUT2D eigenvalue weighted by Crippen LogP contribution is -2.33. The molecule has 3 aromatic carbocycles. The molecule has 0 saturated carbocycles. The molecule has 0 radical (unpaired) electrons. The number of benzene rings is 3. The standard InChI is InChI=1S/C24H24N2O4/c1-3-29-23-15-18(9-14-22(23)27)16-25-26-24(28)17(2)30-21-12-10-20(11-13-21)19-7-5-4-6-8-19/h4-17,27H,3H2,1-2H3,(H,26,28)/b25-16-/t17-/m1/s1. The minimum Gasteiger partial charge on any atom is -0.504 e. The Morgan fingerprint density at radius 2 is 1.77 bits per heavy atom. The Bertz CT molecular complexity index is 1000. The van der Waals surface area contributed by atoms with Crippen molar-refractivity contribution in [1.82, 2.24) is 5.43 Å². The van der Waals surface area contributed by atoms with Gasteiger partial charge in [-0.3, -0.25) is 4.79 Å². The van der Waals surface area contributed by atoms with Crippen LogP contribution in [-0.2, 0) is 4.79 Å². The zero-order valence-electron chi connectivity index (χ0n) is 16.9. The molecule has 6 heteroatoms. The Morgan fingerprint density at radius 3 is 2.47 bits per heavy atom. The summed E-state index contributed by atoms with van der Waals surface area (Å²) >= 11 is 0. The maximum atomic E-state index is 12.2. The molecule has 0 fully saturated rings. The topological polar surface area (TPSA) is 80.2 Å². The van der Waals surface area contributed by atoms with E-state index in [9.17, 15) is 9.90 Å². The fourth-order valence-electron chi connectivity index (χ4n) is 2.76. The van der Waals surface area contributed by atoms with Gasteiger partial charge in [-0.25, -0.2) is 5.43 Å². The van der Waals surface area contributed by atoms with Crippen LogP contribution >= 0.6 is 0 Å². The second-order valence-electron chi connectivity index (χ2n) is 6.54. The Balaban J connectivity index is 1.54. The van der Waals surface area contributed by atoms with Crippen LogP contribution in [0.3, 0.4) is 0 Å². The van der Waals surface area contributed by atoms with Crippen LogP contribution in [0, 0.1) is 0 Å². The largest absolute Gasteiger partial charge is 0.504 e. The molecule has 3 aromatic rings. The molecule has 1 atom stereocenters. The molecule has 6 nitrogen and oxygen atoms in total. The van der Waals surface area contributed by atoms with Gasteiger partial charge >= 0.3 is 0 Å². The molecule has 0 aliphatic heterocycles.